The van der Waals surface area contributed by atoms with E-state index in [1.807, 2.05) is 31.2 Å². The van der Waals surface area contributed by atoms with Crippen LogP contribution in [0.4, 0.5) is 13.2 Å². The lowest BCUT2D eigenvalue weighted by Gasteiger charge is -2.06. The number of hydrogen-bond acceptors (Lipinski definition) is 3. The molecule has 0 atom stereocenters. The maximum Gasteiger partial charge on any atom is 0.416 e. The fraction of sp³-hybridized carbons (Fsp3) is 0.200. The largest absolute Gasteiger partial charge is 0.440 e. The third-order valence-electron chi connectivity index (χ3n) is 3.91. The van der Waals surface area contributed by atoms with E-state index < -0.39 is 11.7 Å². The van der Waals surface area contributed by atoms with Gasteiger partial charge in [0.1, 0.15) is 5.76 Å². The van der Waals surface area contributed by atoms with Crippen molar-refractivity contribution < 1.29 is 17.6 Å². The lowest BCUT2D eigenvalue weighted by atomic mass is 10.1. The van der Waals surface area contributed by atoms with Crippen LogP contribution in [0.2, 0.25) is 0 Å². The Bertz CT molecular complexity index is 955. The predicted octanol–water partition coefficient (Wildman–Crippen LogP) is 6.38. The summed E-state index contributed by atoms with van der Waals surface area (Å²) in [7, 11) is 0. The first-order chi connectivity index (χ1) is 12.9. The molecule has 0 bridgehead atoms. The number of alkyl halides is 3. The summed E-state index contributed by atoms with van der Waals surface area (Å²) in [4.78, 5) is 8.72. The SMILES string of the molecule is [C-]#[N+]Cc1ccc(SCc2oc(-c3ccc(C(F)(F)F)cc3)nc2C)cc1. The summed E-state index contributed by atoms with van der Waals surface area (Å²) in [5.41, 5.74) is 1.48. The molecule has 0 aliphatic rings. The molecule has 1 heterocycles. The van der Waals surface area contributed by atoms with Crippen molar-refractivity contribution in [3.05, 3.63) is 82.5 Å². The van der Waals surface area contributed by atoms with Crippen LogP contribution in [0.3, 0.4) is 0 Å². The average molecular weight is 388 g/mol. The van der Waals surface area contributed by atoms with E-state index in [2.05, 4.69) is 9.83 Å². The van der Waals surface area contributed by atoms with Crippen molar-refractivity contribution in [3.8, 4) is 11.5 Å². The van der Waals surface area contributed by atoms with Gasteiger partial charge in [-0.15, -0.1) is 11.8 Å². The number of nitrogens with zero attached hydrogens (tertiary/aromatic N) is 2. The summed E-state index contributed by atoms with van der Waals surface area (Å²) in [6.45, 7) is 9.05. The maximum atomic E-state index is 12.7. The zero-order valence-electron chi connectivity index (χ0n) is 14.4. The van der Waals surface area contributed by atoms with E-state index in [9.17, 15) is 13.2 Å². The van der Waals surface area contributed by atoms with Crippen LogP contribution in [0.5, 0.6) is 0 Å². The molecule has 138 valence electrons. The van der Waals surface area contributed by atoms with Crippen molar-refractivity contribution in [2.24, 2.45) is 0 Å². The molecule has 0 saturated heterocycles. The van der Waals surface area contributed by atoms with Crippen molar-refractivity contribution in [1.29, 1.82) is 0 Å². The van der Waals surface area contributed by atoms with E-state index in [0.29, 0.717) is 35.2 Å². The third-order valence-corrected chi connectivity index (χ3v) is 4.92. The Kier molecular flexibility index (Phi) is 5.57. The number of thioether (sulfide) groups is 1. The second kappa shape index (κ2) is 7.89. The topological polar surface area (TPSA) is 30.4 Å². The highest BCUT2D eigenvalue weighted by atomic mass is 32.2. The summed E-state index contributed by atoms with van der Waals surface area (Å²) in [6, 6.07) is 12.5. The van der Waals surface area contributed by atoms with Gasteiger partial charge in [-0.25, -0.2) is 11.6 Å². The molecular weight excluding hydrogens is 373 g/mol. The number of aryl methyl sites for hydroxylation is 1. The highest BCUT2D eigenvalue weighted by molar-refractivity contribution is 7.98. The number of hydrogen-bond donors (Lipinski definition) is 0. The van der Waals surface area contributed by atoms with Gasteiger partial charge in [0.05, 0.1) is 17.0 Å². The van der Waals surface area contributed by atoms with E-state index in [-0.39, 0.29) is 0 Å². The van der Waals surface area contributed by atoms with Crippen LogP contribution in [-0.4, -0.2) is 4.98 Å². The van der Waals surface area contributed by atoms with Gasteiger partial charge in [-0.05, 0) is 43.3 Å². The Balaban J connectivity index is 1.70. The molecular formula is C20H15F3N2OS. The third kappa shape index (κ3) is 4.72. The fourth-order valence-electron chi connectivity index (χ4n) is 2.42. The van der Waals surface area contributed by atoms with Gasteiger partial charge in [-0.1, -0.05) is 12.1 Å². The van der Waals surface area contributed by atoms with Crippen molar-refractivity contribution in [1.82, 2.24) is 4.98 Å². The summed E-state index contributed by atoms with van der Waals surface area (Å²) in [5.74, 6) is 1.55. The Morgan fingerprint density at radius 2 is 1.74 bits per heavy atom. The highest BCUT2D eigenvalue weighted by Gasteiger charge is 2.30. The molecule has 0 unspecified atom stereocenters. The zero-order chi connectivity index (χ0) is 19.4. The van der Waals surface area contributed by atoms with Crippen LogP contribution in [0.1, 0.15) is 22.6 Å². The van der Waals surface area contributed by atoms with Crippen LogP contribution in [0.15, 0.2) is 57.8 Å². The highest BCUT2D eigenvalue weighted by Crippen LogP contribution is 2.32. The predicted molar refractivity (Wildman–Crippen MR) is 98.0 cm³/mol. The Hall–Kier alpha value is -2.72. The van der Waals surface area contributed by atoms with Gasteiger partial charge in [0.15, 0.2) is 0 Å². The maximum absolute atomic E-state index is 12.7. The molecule has 27 heavy (non-hydrogen) atoms. The van der Waals surface area contributed by atoms with Crippen LogP contribution < -0.4 is 0 Å². The summed E-state index contributed by atoms with van der Waals surface area (Å²) < 4.78 is 43.7. The van der Waals surface area contributed by atoms with E-state index in [1.54, 1.807) is 11.8 Å². The quantitative estimate of drug-likeness (QED) is 0.375. The zero-order valence-corrected chi connectivity index (χ0v) is 15.2. The lowest BCUT2D eigenvalue weighted by molar-refractivity contribution is -0.137. The van der Waals surface area contributed by atoms with Crippen LogP contribution in [0.25, 0.3) is 16.3 Å². The summed E-state index contributed by atoms with van der Waals surface area (Å²) >= 11 is 1.57. The van der Waals surface area contributed by atoms with Crippen molar-refractivity contribution in [2.75, 3.05) is 0 Å². The minimum atomic E-state index is -4.36. The molecule has 3 aromatic rings. The Morgan fingerprint density at radius 3 is 2.33 bits per heavy atom. The molecule has 0 aliphatic heterocycles. The first-order valence-electron chi connectivity index (χ1n) is 8.05. The van der Waals surface area contributed by atoms with E-state index >= 15 is 0 Å². The Labute approximate surface area is 159 Å². The summed E-state index contributed by atoms with van der Waals surface area (Å²) in [6.07, 6.45) is -4.36. The molecule has 0 aliphatic carbocycles. The molecule has 0 saturated carbocycles. The molecule has 0 radical (unpaired) electrons. The van der Waals surface area contributed by atoms with Gasteiger partial charge in [0, 0.05) is 16.0 Å². The molecule has 2 aromatic carbocycles. The second-order valence-corrected chi connectivity index (χ2v) is 6.90. The van der Waals surface area contributed by atoms with E-state index in [4.69, 9.17) is 11.0 Å². The minimum Gasteiger partial charge on any atom is -0.440 e. The van der Waals surface area contributed by atoms with Crippen LogP contribution >= 0.6 is 11.8 Å². The normalized spacial score (nSPS) is 11.4. The van der Waals surface area contributed by atoms with E-state index in [0.717, 1.165) is 22.6 Å². The molecule has 0 spiro atoms. The van der Waals surface area contributed by atoms with Gasteiger partial charge < -0.3 is 9.26 Å². The average Bonchev–Trinajstić information content (AvgIpc) is 3.02. The molecule has 3 nitrogen and oxygen atoms in total. The van der Waals surface area contributed by atoms with Crippen molar-refractivity contribution >= 4 is 11.8 Å². The molecule has 7 heteroatoms. The van der Waals surface area contributed by atoms with Gasteiger partial charge in [0.25, 0.3) is 0 Å². The monoisotopic (exact) mass is 388 g/mol. The lowest BCUT2D eigenvalue weighted by Crippen LogP contribution is -2.03. The van der Waals surface area contributed by atoms with Gasteiger partial charge >= 0.3 is 6.18 Å². The molecule has 0 amide bonds. The number of halogens is 3. The van der Waals surface area contributed by atoms with Gasteiger partial charge in [-0.3, -0.25) is 0 Å². The standard InChI is InChI=1S/C20H15F3N2OS/c1-13-18(12-27-17-9-3-14(4-10-17)11-24-2)26-19(25-13)15-5-7-16(8-6-15)20(21,22)23/h3-10H,11-12H2,1H3. The Morgan fingerprint density at radius 1 is 1.07 bits per heavy atom. The second-order valence-electron chi connectivity index (χ2n) is 5.85. The first-order valence-corrected chi connectivity index (χ1v) is 9.04. The van der Waals surface area contributed by atoms with Gasteiger partial charge in [-0.2, -0.15) is 13.2 Å². The van der Waals surface area contributed by atoms with Crippen LogP contribution in [-0.2, 0) is 18.5 Å². The molecule has 0 N–H and O–H groups in total. The van der Waals surface area contributed by atoms with Crippen LogP contribution in [0, 0.1) is 13.5 Å². The summed E-state index contributed by atoms with van der Waals surface area (Å²) in [5, 5.41) is 0. The number of benzene rings is 2. The fourth-order valence-corrected chi connectivity index (χ4v) is 3.31. The van der Waals surface area contributed by atoms with Crippen molar-refractivity contribution in [2.45, 2.75) is 30.3 Å². The smallest absolute Gasteiger partial charge is 0.416 e. The molecule has 3 rings (SSSR count). The number of aromatic nitrogens is 1. The molecule has 1 aromatic heterocycles. The van der Waals surface area contributed by atoms with E-state index in [1.165, 1.54) is 12.1 Å². The minimum absolute atomic E-state index is 0.309. The van der Waals surface area contributed by atoms with Gasteiger partial charge in [0.2, 0.25) is 12.4 Å². The molecule has 0 fully saturated rings. The van der Waals surface area contributed by atoms with Crippen molar-refractivity contribution in [3.63, 3.8) is 0 Å². The number of oxazole rings is 1. The number of rotatable bonds is 5. The first kappa shape index (κ1) is 19.1.